The van der Waals surface area contributed by atoms with Crippen molar-refractivity contribution in [2.24, 2.45) is 0 Å². The molecule has 0 aromatic heterocycles. The summed E-state index contributed by atoms with van der Waals surface area (Å²) in [5, 5.41) is 10.8. The van der Waals surface area contributed by atoms with Crippen molar-refractivity contribution in [3.8, 4) is 0 Å². The lowest BCUT2D eigenvalue weighted by molar-refractivity contribution is -0.384. The zero-order chi connectivity index (χ0) is 15.9. The van der Waals surface area contributed by atoms with Crippen LogP contribution in [0.2, 0.25) is 0 Å². The molecule has 0 bridgehead atoms. The molecule has 0 spiro atoms. The monoisotopic (exact) mass is 298 g/mol. The molecular weight excluding hydrogens is 276 g/mol. The highest BCUT2D eigenvalue weighted by Gasteiger charge is 2.09. The van der Waals surface area contributed by atoms with Crippen molar-refractivity contribution in [2.45, 2.75) is 25.8 Å². The van der Waals surface area contributed by atoms with Crippen LogP contribution in [0.1, 0.15) is 24.8 Å². The number of hydrogen-bond donors (Lipinski definition) is 0. The maximum atomic E-state index is 10.8. The van der Waals surface area contributed by atoms with Gasteiger partial charge in [-0.3, -0.25) is 10.1 Å². The highest BCUT2D eigenvalue weighted by Crippen LogP contribution is 2.20. The quantitative estimate of drug-likeness (QED) is 0.582. The molecule has 4 nitrogen and oxygen atoms in total. The molecule has 0 unspecified atom stereocenters. The molecule has 116 valence electrons. The van der Waals surface area contributed by atoms with Gasteiger partial charge in [0, 0.05) is 25.2 Å². The fourth-order valence-corrected chi connectivity index (χ4v) is 2.55. The third-order valence-electron chi connectivity index (χ3n) is 3.79. The van der Waals surface area contributed by atoms with Crippen LogP contribution in [-0.4, -0.2) is 23.4 Å². The van der Waals surface area contributed by atoms with Crippen LogP contribution >= 0.6 is 0 Å². The Kier molecular flexibility index (Phi) is 5.67. The summed E-state index contributed by atoms with van der Waals surface area (Å²) in [5.41, 5.74) is 3.52. The van der Waals surface area contributed by atoms with Gasteiger partial charge in [-0.2, -0.15) is 0 Å². The Morgan fingerprint density at radius 2 is 2.18 bits per heavy atom. The smallest absolute Gasteiger partial charge is 0.269 e. The number of hydrogen-bond acceptors (Lipinski definition) is 3. The van der Waals surface area contributed by atoms with Crippen molar-refractivity contribution in [1.82, 2.24) is 4.90 Å². The van der Waals surface area contributed by atoms with Gasteiger partial charge in [-0.25, -0.2) is 0 Å². The first-order valence-corrected chi connectivity index (χ1v) is 7.53. The lowest BCUT2D eigenvalue weighted by atomic mass is 10.0. The number of allylic oxidation sites excluding steroid dienone is 4. The van der Waals surface area contributed by atoms with Gasteiger partial charge in [-0.1, -0.05) is 36.9 Å². The Hall–Kier alpha value is -2.20. The van der Waals surface area contributed by atoms with E-state index in [4.69, 9.17) is 0 Å². The van der Waals surface area contributed by atoms with Crippen LogP contribution in [0.5, 0.6) is 0 Å². The largest absolute Gasteiger partial charge is 0.302 e. The van der Waals surface area contributed by atoms with Gasteiger partial charge >= 0.3 is 0 Å². The zero-order valence-electron chi connectivity index (χ0n) is 13.0. The van der Waals surface area contributed by atoms with Crippen molar-refractivity contribution in [2.75, 3.05) is 13.6 Å². The number of rotatable bonds is 6. The van der Waals surface area contributed by atoms with Crippen LogP contribution in [0.25, 0.3) is 0 Å². The lowest BCUT2D eigenvalue weighted by Crippen LogP contribution is -2.19. The molecule has 1 aliphatic carbocycles. The Morgan fingerprint density at radius 1 is 1.36 bits per heavy atom. The first-order chi connectivity index (χ1) is 10.6. The summed E-state index contributed by atoms with van der Waals surface area (Å²) in [6.07, 6.45) is 9.63. The fraction of sp³-hybridized carbons (Fsp3) is 0.333. The topological polar surface area (TPSA) is 46.4 Å². The molecular formula is C18H22N2O2. The zero-order valence-corrected chi connectivity index (χ0v) is 13.0. The van der Waals surface area contributed by atoms with E-state index in [0.717, 1.165) is 36.9 Å². The molecule has 1 aromatic carbocycles. The van der Waals surface area contributed by atoms with E-state index in [1.54, 1.807) is 12.1 Å². The van der Waals surface area contributed by atoms with Crippen molar-refractivity contribution in [3.63, 3.8) is 0 Å². The van der Waals surface area contributed by atoms with Crippen molar-refractivity contribution >= 4 is 5.69 Å². The molecule has 4 heteroatoms. The van der Waals surface area contributed by atoms with Crippen LogP contribution in [-0.2, 0) is 6.54 Å². The third kappa shape index (κ3) is 4.67. The summed E-state index contributed by atoms with van der Waals surface area (Å²) in [4.78, 5) is 12.6. The summed E-state index contributed by atoms with van der Waals surface area (Å²) in [6, 6.07) is 6.83. The average Bonchev–Trinajstić information content (AvgIpc) is 2.70. The molecule has 0 fully saturated rings. The molecule has 0 amide bonds. The minimum Gasteiger partial charge on any atom is -0.302 e. The summed E-state index contributed by atoms with van der Waals surface area (Å²) in [6.45, 7) is 5.71. The van der Waals surface area contributed by atoms with E-state index in [1.807, 2.05) is 13.1 Å². The minimum atomic E-state index is -0.351. The summed E-state index contributed by atoms with van der Waals surface area (Å²) in [7, 11) is 2.04. The van der Waals surface area contributed by atoms with E-state index in [-0.39, 0.29) is 10.6 Å². The number of benzene rings is 1. The van der Waals surface area contributed by atoms with E-state index >= 15 is 0 Å². The van der Waals surface area contributed by atoms with Crippen molar-refractivity contribution < 1.29 is 4.92 Å². The van der Waals surface area contributed by atoms with Gasteiger partial charge in [0.15, 0.2) is 0 Å². The van der Waals surface area contributed by atoms with Crippen LogP contribution in [0.3, 0.4) is 0 Å². The molecule has 0 radical (unpaired) electrons. The van der Waals surface area contributed by atoms with Crippen LogP contribution in [0.4, 0.5) is 5.69 Å². The maximum absolute atomic E-state index is 10.8. The Bertz CT molecular complexity index is 617. The van der Waals surface area contributed by atoms with Gasteiger partial charge in [0.05, 0.1) is 4.92 Å². The van der Waals surface area contributed by atoms with Gasteiger partial charge in [0.25, 0.3) is 5.69 Å². The molecule has 0 saturated carbocycles. The number of non-ortho nitro benzene ring substituents is 1. The average molecular weight is 298 g/mol. The molecule has 1 aliphatic rings. The first-order valence-electron chi connectivity index (χ1n) is 7.53. The maximum Gasteiger partial charge on any atom is 0.269 e. The van der Waals surface area contributed by atoms with Gasteiger partial charge in [0.2, 0.25) is 0 Å². The van der Waals surface area contributed by atoms with Gasteiger partial charge in [0.1, 0.15) is 0 Å². The number of nitro groups is 1. The van der Waals surface area contributed by atoms with Gasteiger partial charge < -0.3 is 4.90 Å². The predicted molar refractivity (Wildman–Crippen MR) is 89.6 cm³/mol. The fourth-order valence-electron chi connectivity index (χ4n) is 2.55. The molecule has 1 aromatic rings. The summed E-state index contributed by atoms with van der Waals surface area (Å²) in [5.74, 6) is 0. The molecule has 0 atom stereocenters. The van der Waals surface area contributed by atoms with Crippen LogP contribution in [0.15, 0.2) is 60.2 Å². The van der Waals surface area contributed by atoms with Crippen LogP contribution in [0, 0.1) is 10.1 Å². The Balaban J connectivity index is 1.90. The van der Waals surface area contributed by atoms with E-state index < -0.39 is 0 Å². The Morgan fingerprint density at radius 3 is 2.95 bits per heavy atom. The highest BCUT2D eigenvalue weighted by atomic mass is 16.6. The van der Waals surface area contributed by atoms with Gasteiger partial charge in [-0.05, 0) is 43.0 Å². The standard InChI is InChI=1S/C18H22N2O2/c1-15-7-4-3-5-9-17(15)11-12-19(2)14-16-8-6-10-18(13-16)20(21)22/h4,6-10,13H,1,3,5,11-12,14H2,2H3. The molecule has 0 heterocycles. The second kappa shape index (κ2) is 7.71. The SMILES string of the molecule is C=C1C=CCCC=C1CCN(C)Cc1cccc([N+](=O)[O-])c1. The minimum absolute atomic E-state index is 0.149. The van der Waals surface area contributed by atoms with E-state index in [9.17, 15) is 10.1 Å². The second-order valence-corrected chi connectivity index (χ2v) is 5.65. The van der Waals surface area contributed by atoms with E-state index in [1.165, 1.54) is 11.6 Å². The highest BCUT2D eigenvalue weighted by molar-refractivity contribution is 5.39. The van der Waals surface area contributed by atoms with E-state index in [2.05, 4.69) is 29.7 Å². The Labute approximate surface area is 131 Å². The second-order valence-electron chi connectivity index (χ2n) is 5.65. The normalized spacial score (nSPS) is 14.8. The van der Waals surface area contributed by atoms with Crippen LogP contribution < -0.4 is 0 Å². The molecule has 2 rings (SSSR count). The number of nitro benzene ring substituents is 1. The molecule has 0 saturated heterocycles. The van der Waals surface area contributed by atoms with Crippen molar-refractivity contribution in [1.29, 1.82) is 0 Å². The molecule has 22 heavy (non-hydrogen) atoms. The van der Waals surface area contributed by atoms with Crippen molar-refractivity contribution in [3.05, 3.63) is 75.9 Å². The number of nitrogens with zero attached hydrogens (tertiary/aromatic N) is 2. The lowest BCUT2D eigenvalue weighted by Gasteiger charge is -2.18. The van der Waals surface area contributed by atoms with E-state index in [0.29, 0.717) is 6.54 Å². The first kappa shape index (κ1) is 16.2. The molecule has 0 N–H and O–H groups in total. The molecule has 0 aliphatic heterocycles. The summed E-state index contributed by atoms with van der Waals surface area (Å²) < 4.78 is 0. The predicted octanol–water partition coefficient (Wildman–Crippen LogP) is 4.25. The third-order valence-corrected chi connectivity index (χ3v) is 3.79. The summed E-state index contributed by atoms with van der Waals surface area (Å²) >= 11 is 0. The van der Waals surface area contributed by atoms with Gasteiger partial charge in [-0.15, -0.1) is 0 Å².